The maximum atomic E-state index is 12.7. The van der Waals surface area contributed by atoms with Crippen LogP contribution in [-0.2, 0) is 6.42 Å². The van der Waals surface area contributed by atoms with E-state index in [-0.39, 0.29) is 11.5 Å². The zero-order valence-corrected chi connectivity index (χ0v) is 15.7. The Bertz CT molecular complexity index is 938. The van der Waals surface area contributed by atoms with Gasteiger partial charge in [0.15, 0.2) is 0 Å². The average molecular weight is 410 g/mol. The molecule has 0 saturated heterocycles. The Hall–Kier alpha value is -3.04. The highest BCUT2D eigenvalue weighted by Gasteiger charge is 2.20. The Kier molecular flexibility index (Phi) is 6.40. The van der Waals surface area contributed by atoms with E-state index >= 15 is 0 Å². The van der Waals surface area contributed by atoms with Crippen LogP contribution in [0.25, 0.3) is 11.4 Å². The first kappa shape index (κ1) is 20.7. The van der Waals surface area contributed by atoms with Crippen LogP contribution in [-0.4, -0.2) is 26.9 Å². The summed E-state index contributed by atoms with van der Waals surface area (Å²) in [5.74, 6) is -0.00284. The Balaban J connectivity index is 1.59. The molecule has 0 bridgehead atoms. The Morgan fingerprint density at radius 1 is 1.00 bits per heavy atom. The number of rotatable bonds is 8. The van der Waals surface area contributed by atoms with Crippen molar-refractivity contribution in [1.29, 1.82) is 0 Å². The topological polar surface area (TPSA) is 73.9 Å². The van der Waals surface area contributed by atoms with Crippen LogP contribution in [0.15, 0.2) is 28.8 Å². The van der Waals surface area contributed by atoms with Gasteiger partial charge in [-0.1, -0.05) is 5.16 Å². The van der Waals surface area contributed by atoms with Crippen LogP contribution in [0, 0.1) is 13.8 Å². The minimum absolute atomic E-state index is 0.104. The minimum atomic E-state index is -2.82. The first-order valence-electron chi connectivity index (χ1n) is 8.82. The Morgan fingerprint density at radius 3 is 2.28 bits per heavy atom. The maximum Gasteiger partial charge on any atom is 0.315 e. The number of aryl methyl sites for hydroxylation is 3. The van der Waals surface area contributed by atoms with Crippen LogP contribution >= 0.6 is 0 Å². The van der Waals surface area contributed by atoms with Gasteiger partial charge in [-0.05, 0) is 62.1 Å². The smallest absolute Gasteiger partial charge is 0.315 e. The lowest BCUT2D eigenvalue weighted by Gasteiger charge is -2.11. The fourth-order valence-electron chi connectivity index (χ4n) is 2.85. The third-order valence-electron chi connectivity index (χ3n) is 4.17. The van der Waals surface area contributed by atoms with Gasteiger partial charge in [-0.2, -0.15) is 18.9 Å². The van der Waals surface area contributed by atoms with Gasteiger partial charge in [0.2, 0.25) is 5.82 Å². The SMILES string of the molecule is Cc1cc(OCCCc2ccc(C(F)F)nn2)cc(C)c1-c1noc(C(F)F)n1. The molecule has 0 atom stereocenters. The molecule has 154 valence electrons. The van der Waals surface area contributed by atoms with Crippen LogP contribution in [0.5, 0.6) is 5.75 Å². The molecule has 6 nitrogen and oxygen atoms in total. The molecule has 0 aliphatic heterocycles. The fourth-order valence-corrected chi connectivity index (χ4v) is 2.85. The molecule has 1 aromatic carbocycles. The molecule has 0 aliphatic carbocycles. The second-order valence-corrected chi connectivity index (χ2v) is 6.39. The molecule has 0 amide bonds. The largest absolute Gasteiger partial charge is 0.494 e. The van der Waals surface area contributed by atoms with Crippen LogP contribution in [0.3, 0.4) is 0 Å². The molecule has 0 N–H and O–H groups in total. The van der Waals surface area contributed by atoms with Crippen LogP contribution in [0.4, 0.5) is 17.6 Å². The highest BCUT2D eigenvalue weighted by atomic mass is 19.3. The van der Waals surface area contributed by atoms with Gasteiger partial charge in [-0.15, -0.1) is 5.10 Å². The van der Waals surface area contributed by atoms with Crippen molar-refractivity contribution in [2.45, 2.75) is 39.5 Å². The zero-order valence-electron chi connectivity index (χ0n) is 15.7. The van der Waals surface area contributed by atoms with Crippen molar-refractivity contribution in [2.75, 3.05) is 6.61 Å². The summed E-state index contributed by atoms with van der Waals surface area (Å²) in [7, 11) is 0. The van der Waals surface area contributed by atoms with Crippen molar-refractivity contribution in [1.82, 2.24) is 20.3 Å². The predicted octanol–water partition coefficient (Wildman–Crippen LogP) is 5.03. The van der Waals surface area contributed by atoms with E-state index in [1.807, 2.05) is 0 Å². The molecule has 0 aliphatic rings. The van der Waals surface area contributed by atoms with Gasteiger partial charge in [-0.3, -0.25) is 0 Å². The number of alkyl halides is 4. The summed E-state index contributed by atoms with van der Waals surface area (Å²) >= 11 is 0. The summed E-state index contributed by atoms with van der Waals surface area (Å²) in [5.41, 5.74) is 2.39. The third-order valence-corrected chi connectivity index (χ3v) is 4.17. The lowest BCUT2D eigenvalue weighted by molar-refractivity contribution is 0.106. The summed E-state index contributed by atoms with van der Waals surface area (Å²) in [5, 5.41) is 10.9. The van der Waals surface area contributed by atoms with Crippen molar-refractivity contribution < 1.29 is 26.8 Å². The monoisotopic (exact) mass is 410 g/mol. The third kappa shape index (κ3) is 5.07. The predicted molar refractivity (Wildman–Crippen MR) is 95.0 cm³/mol. The number of nitrogens with zero attached hydrogens (tertiary/aromatic N) is 4. The first-order valence-corrected chi connectivity index (χ1v) is 8.82. The minimum Gasteiger partial charge on any atom is -0.494 e. The van der Waals surface area contributed by atoms with E-state index in [9.17, 15) is 17.6 Å². The molecular weight excluding hydrogens is 392 g/mol. The van der Waals surface area contributed by atoms with Gasteiger partial charge in [0, 0.05) is 5.56 Å². The van der Waals surface area contributed by atoms with Crippen molar-refractivity contribution in [3.05, 3.63) is 52.7 Å². The second-order valence-electron chi connectivity index (χ2n) is 6.39. The highest BCUT2D eigenvalue weighted by Crippen LogP contribution is 2.30. The number of halogens is 4. The van der Waals surface area contributed by atoms with Crippen molar-refractivity contribution in [2.24, 2.45) is 0 Å². The molecule has 0 saturated carbocycles. The quantitative estimate of drug-likeness (QED) is 0.383. The van der Waals surface area contributed by atoms with Gasteiger partial charge in [-0.25, -0.2) is 8.78 Å². The van der Waals surface area contributed by atoms with Crippen molar-refractivity contribution in [3.63, 3.8) is 0 Å². The zero-order chi connectivity index (χ0) is 21.0. The van der Waals surface area contributed by atoms with Crippen molar-refractivity contribution in [3.8, 4) is 17.1 Å². The Morgan fingerprint density at radius 2 is 1.72 bits per heavy atom. The van der Waals surface area contributed by atoms with E-state index in [0.29, 0.717) is 36.5 Å². The molecule has 0 fully saturated rings. The molecule has 0 unspecified atom stereocenters. The maximum absolute atomic E-state index is 12.7. The summed E-state index contributed by atoms with van der Waals surface area (Å²) in [6.45, 7) is 3.98. The standard InChI is InChI=1S/C19H18F4N4O2/c1-10-8-13(9-11(2)15(10)18-24-19(17(22)23)29-27-18)28-7-3-4-12-5-6-14(16(20)21)26-25-12/h5-6,8-9,16-17H,3-4,7H2,1-2H3. The number of hydrogen-bond acceptors (Lipinski definition) is 6. The van der Waals surface area contributed by atoms with Gasteiger partial charge < -0.3 is 9.26 Å². The number of ether oxygens (including phenoxy) is 1. The summed E-state index contributed by atoms with van der Waals surface area (Å²) < 4.78 is 60.5. The van der Waals surface area contributed by atoms with Crippen LogP contribution < -0.4 is 4.74 Å². The Labute approximate surface area is 163 Å². The van der Waals surface area contributed by atoms with Gasteiger partial charge in [0.05, 0.1) is 12.3 Å². The van der Waals surface area contributed by atoms with Crippen LogP contribution in [0.1, 0.15) is 47.7 Å². The number of benzene rings is 1. The number of aromatic nitrogens is 4. The van der Waals surface area contributed by atoms with Crippen LogP contribution in [0.2, 0.25) is 0 Å². The fraction of sp³-hybridized carbons (Fsp3) is 0.368. The summed E-state index contributed by atoms with van der Waals surface area (Å²) in [4.78, 5) is 3.73. The normalized spacial score (nSPS) is 11.4. The second kappa shape index (κ2) is 8.97. The molecule has 10 heteroatoms. The molecular formula is C19H18F4N4O2. The first-order chi connectivity index (χ1) is 13.8. The van der Waals surface area contributed by atoms with E-state index in [1.54, 1.807) is 26.0 Å². The molecule has 0 radical (unpaired) electrons. The summed E-state index contributed by atoms with van der Waals surface area (Å²) in [6, 6.07) is 6.31. The van der Waals surface area contributed by atoms with Crippen molar-refractivity contribution >= 4 is 0 Å². The molecule has 3 rings (SSSR count). The molecule has 0 spiro atoms. The van der Waals surface area contributed by atoms with E-state index in [1.165, 1.54) is 12.1 Å². The van der Waals surface area contributed by atoms with Gasteiger partial charge in [0.25, 0.3) is 12.3 Å². The molecule has 2 heterocycles. The molecule has 3 aromatic rings. The van der Waals surface area contributed by atoms with E-state index in [0.717, 1.165) is 11.1 Å². The van der Waals surface area contributed by atoms with E-state index in [4.69, 9.17) is 4.74 Å². The number of hydrogen-bond donors (Lipinski definition) is 0. The lowest BCUT2D eigenvalue weighted by atomic mass is 10.0. The molecule has 2 aromatic heterocycles. The summed E-state index contributed by atoms with van der Waals surface area (Å²) in [6.07, 6.45) is -4.31. The van der Waals surface area contributed by atoms with Gasteiger partial charge in [0.1, 0.15) is 11.4 Å². The van der Waals surface area contributed by atoms with E-state index in [2.05, 4.69) is 24.9 Å². The lowest BCUT2D eigenvalue weighted by Crippen LogP contribution is -2.03. The highest BCUT2D eigenvalue weighted by molar-refractivity contribution is 5.65. The van der Waals surface area contributed by atoms with Gasteiger partial charge >= 0.3 is 6.43 Å². The van der Waals surface area contributed by atoms with E-state index < -0.39 is 18.7 Å². The molecule has 29 heavy (non-hydrogen) atoms. The average Bonchev–Trinajstić information content (AvgIpc) is 3.15.